The van der Waals surface area contributed by atoms with E-state index in [-0.39, 0.29) is 5.91 Å². The number of benzene rings is 1. The van der Waals surface area contributed by atoms with E-state index in [4.69, 9.17) is 9.47 Å². The molecule has 0 fully saturated rings. The lowest BCUT2D eigenvalue weighted by molar-refractivity contribution is 0.0796. The summed E-state index contributed by atoms with van der Waals surface area (Å²) >= 11 is 0. The largest absolute Gasteiger partial charge is 0.497 e. The van der Waals surface area contributed by atoms with Crippen LogP contribution in [0.4, 0.5) is 11.6 Å². The van der Waals surface area contributed by atoms with Gasteiger partial charge in [0.25, 0.3) is 5.91 Å². The molecule has 2 heterocycles. The van der Waals surface area contributed by atoms with E-state index < -0.39 is 0 Å². The number of nitrogens with one attached hydrogen (secondary N) is 1. The highest BCUT2D eigenvalue weighted by Gasteiger charge is 2.13. The molecule has 8 heteroatoms. The van der Waals surface area contributed by atoms with Gasteiger partial charge in [-0.1, -0.05) is 0 Å². The SMILES string of the molecule is COc1ccc(Nc2ncc(C(=O)N(C)CCc3ccncc3)cn2)c(OC)c1. The zero-order valence-corrected chi connectivity index (χ0v) is 16.6. The van der Waals surface area contributed by atoms with Crippen LogP contribution in [0.25, 0.3) is 0 Å². The second-order valence-corrected chi connectivity index (χ2v) is 6.32. The molecular formula is C21H23N5O3. The fourth-order valence-corrected chi connectivity index (χ4v) is 2.69. The standard InChI is InChI=1S/C21H23N5O3/c1-26(11-8-15-6-9-22-10-7-15)20(27)16-13-23-21(24-14-16)25-18-5-4-17(28-2)12-19(18)29-3/h4-7,9-10,12-14H,8,11H2,1-3H3,(H,23,24,25). The predicted molar refractivity (Wildman–Crippen MR) is 110 cm³/mol. The maximum atomic E-state index is 12.6. The molecule has 0 spiro atoms. The van der Waals surface area contributed by atoms with Gasteiger partial charge in [0.05, 0.1) is 25.5 Å². The van der Waals surface area contributed by atoms with Gasteiger partial charge in [-0.05, 0) is 36.2 Å². The van der Waals surface area contributed by atoms with Crippen LogP contribution in [-0.2, 0) is 6.42 Å². The third-order valence-electron chi connectivity index (χ3n) is 4.39. The Bertz CT molecular complexity index is 948. The highest BCUT2D eigenvalue weighted by Crippen LogP contribution is 2.30. The van der Waals surface area contributed by atoms with Gasteiger partial charge in [0, 0.05) is 44.4 Å². The molecule has 0 aliphatic heterocycles. The first-order valence-corrected chi connectivity index (χ1v) is 9.06. The molecule has 150 valence electrons. The van der Waals surface area contributed by atoms with Gasteiger partial charge in [0.1, 0.15) is 11.5 Å². The molecule has 0 saturated carbocycles. The number of ether oxygens (including phenoxy) is 2. The van der Waals surface area contributed by atoms with Crippen LogP contribution in [0.1, 0.15) is 15.9 Å². The van der Waals surface area contributed by atoms with Crippen molar-refractivity contribution in [3.05, 3.63) is 66.2 Å². The molecule has 0 saturated heterocycles. The molecule has 1 amide bonds. The maximum absolute atomic E-state index is 12.6. The summed E-state index contributed by atoms with van der Waals surface area (Å²) in [6, 6.07) is 9.26. The summed E-state index contributed by atoms with van der Waals surface area (Å²) in [6.07, 6.45) is 7.26. The minimum atomic E-state index is -0.132. The average molecular weight is 393 g/mol. The Kier molecular flexibility index (Phi) is 6.57. The molecule has 0 aliphatic carbocycles. The highest BCUT2D eigenvalue weighted by atomic mass is 16.5. The Morgan fingerprint density at radius 3 is 2.45 bits per heavy atom. The molecule has 3 rings (SSSR count). The van der Waals surface area contributed by atoms with Gasteiger partial charge < -0.3 is 19.7 Å². The normalized spacial score (nSPS) is 10.3. The molecule has 8 nitrogen and oxygen atoms in total. The van der Waals surface area contributed by atoms with Crippen molar-refractivity contribution in [2.75, 3.05) is 33.1 Å². The van der Waals surface area contributed by atoms with Gasteiger partial charge in [0.2, 0.25) is 5.95 Å². The van der Waals surface area contributed by atoms with Gasteiger partial charge in [-0.2, -0.15) is 0 Å². The van der Waals surface area contributed by atoms with Crippen LogP contribution in [0.2, 0.25) is 0 Å². The maximum Gasteiger partial charge on any atom is 0.256 e. The lowest BCUT2D eigenvalue weighted by atomic mass is 10.2. The third kappa shape index (κ3) is 5.19. The van der Waals surface area contributed by atoms with Crippen molar-refractivity contribution in [1.82, 2.24) is 19.9 Å². The van der Waals surface area contributed by atoms with E-state index in [1.54, 1.807) is 50.7 Å². The first kappa shape index (κ1) is 20.1. The Morgan fingerprint density at radius 2 is 1.79 bits per heavy atom. The van der Waals surface area contributed by atoms with Crippen LogP contribution in [0.3, 0.4) is 0 Å². The number of rotatable bonds is 8. The van der Waals surface area contributed by atoms with Crippen molar-refractivity contribution in [2.24, 2.45) is 0 Å². The van der Waals surface area contributed by atoms with Crippen molar-refractivity contribution in [3.8, 4) is 11.5 Å². The predicted octanol–water partition coefficient (Wildman–Crippen LogP) is 2.95. The van der Waals surface area contributed by atoms with E-state index in [1.807, 2.05) is 18.2 Å². The summed E-state index contributed by atoms with van der Waals surface area (Å²) in [5.41, 5.74) is 2.25. The van der Waals surface area contributed by atoms with E-state index in [0.29, 0.717) is 35.2 Å². The number of hydrogen-bond donors (Lipinski definition) is 1. The fraction of sp³-hybridized carbons (Fsp3) is 0.238. The fourth-order valence-electron chi connectivity index (χ4n) is 2.69. The Morgan fingerprint density at radius 1 is 1.07 bits per heavy atom. The minimum absolute atomic E-state index is 0.132. The first-order valence-electron chi connectivity index (χ1n) is 9.06. The molecule has 0 aliphatic rings. The Labute approximate surface area is 169 Å². The molecule has 29 heavy (non-hydrogen) atoms. The van der Waals surface area contributed by atoms with Gasteiger partial charge in [-0.15, -0.1) is 0 Å². The molecule has 0 radical (unpaired) electrons. The molecule has 1 aromatic carbocycles. The van der Waals surface area contributed by atoms with E-state index >= 15 is 0 Å². The number of anilines is 2. The van der Waals surface area contributed by atoms with Gasteiger partial charge in [0.15, 0.2) is 0 Å². The molecular weight excluding hydrogens is 370 g/mol. The topological polar surface area (TPSA) is 89.5 Å². The van der Waals surface area contributed by atoms with Crippen molar-refractivity contribution >= 4 is 17.5 Å². The monoisotopic (exact) mass is 393 g/mol. The zero-order chi connectivity index (χ0) is 20.6. The molecule has 2 aromatic heterocycles. The van der Waals surface area contributed by atoms with Crippen molar-refractivity contribution in [3.63, 3.8) is 0 Å². The van der Waals surface area contributed by atoms with Crippen LogP contribution >= 0.6 is 0 Å². The van der Waals surface area contributed by atoms with Crippen LogP contribution in [0, 0.1) is 0 Å². The smallest absolute Gasteiger partial charge is 0.256 e. The molecule has 1 N–H and O–H groups in total. The van der Waals surface area contributed by atoms with Gasteiger partial charge >= 0.3 is 0 Å². The Balaban J connectivity index is 1.63. The summed E-state index contributed by atoms with van der Waals surface area (Å²) in [6.45, 7) is 0.589. The number of pyridine rings is 1. The van der Waals surface area contributed by atoms with Gasteiger partial charge in [-0.25, -0.2) is 9.97 Å². The molecule has 0 bridgehead atoms. The number of carbonyl (C=O) groups is 1. The van der Waals surface area contributed by atoms with Crippen molar-refractivity contribution in [1.29, 1.82) is 0 Å². The number of nitrogens with zero attached hydrogens (tertiary/aromatic N) is 4. The van der Waals surface area contributed by atoms with E-state index in [9.17, 15) is 4.79 Å². The van der Waals surface area contributed by atoms with Crippen LogP contribution in [0.5, 0.6) is 11.5 Å². The summed E-state index contributed by atoms with van der Waals surface area (Å²) < 4.78 is 10.5. The first-order chi connectivity index (χ1) is 14.1. The number of hydrogen-bond acceptors (Lipinski definition) is 7. The molecule has 0 atom stereocenters. The zero-order valence-electron chi connectivity index (χ0n) is 16.6. The second-order valence-electron chi connectivity index (χ2n) is 6.32. The molecule has 3 aromatic rings. The van der Waals surface area contributed by atoms with E-state index in [1.165, 1.54) is 12.4 Å². The average Bonchev–Trinajstić information content (AvgIpc) is 2.78. The summed E-state index contributed by atoms with van der Waals surface area (Å²) in [5, 5.41) is 3.08. The minimum Gasteiger partial charge on any atom is -0.497 e. The number of methoxy groups -OCH3 is 2. The highest BCUT2D eigenvalue weighted by molar-refractivity contribution is 5.93. The number of aromatic nitrogens is 3. The van der Waals surface area contributed by atoms with Crippen molar-refractivity contribution < 1.29 is 14.3 Å². The van der Waals surface area contributed by atoms with Crippen molar-refractivity contribution in [2.45, 2.75) is 6.42 Å². The summed E-state index contributed by atoms with van der Waals surface area (Å²) in [5.74, 6) is 1.52. The summed E-state index contributed by atoms with van der Waals surface area (Å²) in [4.78, 5) is 26.7. The quantitative estimate of drug-likeness (QED) is 0.629. The lowest BCUT2D eigenvalue weighted by Gasteiger charge is -2.17. The number of amides is 1. The van der Waals surface area contributed by atoms with Crippen LogP contribution in [0.15, 0.2) is 55.1 Å². The van der Waals surface area contributed by atoms with Crippen LogP contribution < -0.4 is 14.8 Å². The van der Waals surface area contributed by atoms with Gasteiger partial charge in [-0.3, -0.25) is 9.78 Å². The second kappa shape index (κ2) is 9.50. The Hall–Kier alpha value is -3.68. The number of likely N-dealkylation sites (N-methyl/N-ethyl adjacent to an activating group) is 1. The lowest BCUT2D eigenvalue weighted by Crippen LogP contribution is -2.29. The van der Waals surface area contributed by atoms with E-state index in [2.05, 4.69) is 20.3 Å². The van der Waals surface area contributed by atoms with E-state index in [0.717, 1.165) is 12.0 Å². The summed E-state index contributed by atoms with van der Waals surface area (Å²) in [7, 11) is 4.93. The third-order valence-corrected chi connectivity index (χ3v) is 4.39. The number of carbonyl (C=O) groups excluding carboxylic acids is 1. The van der Waals surface area contributed by atoms with Crippen LogP contribution in [-0.4, -0.2) is 53.6 Å². The molecule has 0 unspecified atom stereocenters.